The van der Waals surface area contributed by atoms with Gasteiger partial charge in [0.05, 0.1) is 0 Å². The molecule has 1 rings (SSSR count). The summed E-state index contributed by atoms with van der Waals surface area (Å²) in [6, 6.07) is 4.55. The average Bonchev–Trinajstić information content (AvgIpc) is 1.99. The number of rotatable bonds is 2. The van der Waals surface area contributed by atoms with Gasteiger partial charge in [-0.3, -0.25) is 4.79 Å². The van der Waals surface area contributed by atoms with E-state index < -0.39 is 0 Å². The van der Waals surface area contributed by atoms with Crippen molar-refractivity contribution in [3.8, 4) is 0 Å². The number of hydrogen-bond donors (Lipinski definition) is 0. The van der Waals surface area contributed by atoms with Crippen LogP contribution in [0.25, 0.3) is 0 Å². The zero-order chi connectivity index (χ0) is 11.6. The average molecular weight is 273 g/mol. The molecule has 1 aromatic rings. The first-order valence-corrected chi connectivity index (χ1v) is 5.56. The standard InChI is InChI=1S/C12H14BrFO/c1-12(2,3)11(15)6-8-4-9(13)7-10(14)5-8/h4-5,7H,6H2,1-3H3. The fourth-order valence-corrected chi connectivity index (χ4v) is 1.68. The first kappa shape index (κ1) is 12.4. The molecule has 0 saturated carbocycles. The van der Waals surface area contributed by atoms with Crippen LogP contribution in [0.5, 0.6) is 0 Å². The Morgan fingerprint density at radius 3 is 2.40 bits per heavy atom. The lowest BCUT2D eigenvalue weighted by Gasteiger charge is -2.16. The number of hydrogen-bond acceptors (Lipinski definition) is 1. The van der Waals surface area contributed by atoms with E-state index in [9.17, 15) is 9.18 Å². The quantitative estimate of drug-likeness (QED) is 0.802. The van der Waals surface area contributed by atoms with E-state index in [1.165, 1.54) is 12.1 Å². The van der Waals surface area contributed by atoms with Gasteiger partial charge in [0.2, 0.25) is 0 Å². The fraction of sp³-hybridized carbons (Fsp3) is 0.417. The Hall–Kier alpha value is -0.700. The van der Waals surface area contributed by atoms with Crippen LogP contribution in [0.4, 0.5) is 4.39 Å². The number of Topliss-reactive ketones (excluding diaryl/α,β-unsaturated/α-hetero) is 1. The molecule has 0 saturated heterocycles. The van der Waals surface area contributed by atoms with Crippen LogP contribution in [0.1, 0.15) is 26.3 Å². The number of benzene rings is 1. The van der Waals surface area contributed by atoms with Crippen molar-refractivity contribution in [2.75, 3.05) is 0 Å². The third-order valence-corrected chi connectivity index (χ3v) is 2.58. The minimum absolute atomic E-state index is 0.111. The molecule has 0 bridgehead atoms. The van der Waals surface area contributed by atoms with Crippen molar-refractivity contribution >= 4 is 21.7 Å². The van der Waals surface area contributed by atoms with E-state index in [-0.39, 0.29) is 23.4 Å². The predicted octanol–water partition coefficient (Wildman–Crippen LogP) is 3.75. The Bertz CT molecular complexity index is 359. The summed E-state index contributed by atoms with van der Waals surface area (Å²) in [6.45, 7) is 5.59. The van der Waals surface area contributed by atoms with Crippen LogP contribution in [0.15, 0.2) is 22.7 Å². The molecule has 1 nitrogen and oxygen atoms in total. The third kappa shape index (κ3) is 3.74. The molecule has 0 fully saturated rings. The zero-order valence-electron chi connectivity index (χ0n) is 9.10. The molecule has 0 N–H and O–H groups in total. The summed E-state index contributed by atoms with van der Waals surface area (Å²) < 4.78 is 13.7. The van der Waals surface area contributed by atoms with Gasteiger partial charge in [0, 0.05) is 16.3 Å². The van der Waals surface area contributed by atoms with Gasteiger partial charge in [-0.05, 0) is 23.8 Å². The summed E-state index contributed by atoms with van der Waals surface area (Å²) in [5.41, 5.74) is 0.334. The normalized spacial score (nSPS) is 11.5. The topological polar surface area (TPSA) is 17.1 Å². The molecule has 82 valence electrons. The van der Waals surface area contributed by atoms with Crippen molar-refractivity contribution < 1.29 is 9.18 Å². The van der Waals surface area contributed by atoms with Crippen molar-refractivity contribution in [2.24, 2.45) is 5.41 Å². The van der Waals surface area contributed by atoms with Crippen LogP contribution in [-0.4, -0.2) is 5.78 Å². The van der Waals surface area contributed by atoms with Gasteiger partial charge in [0.1, 0.15) is 11.6 Å². The van der Waals surface area contributed by atoms with E-state index in [1.54, 1.807) is 6.07 Å². The minimum atomic E-state index is -0.376. The summed E-state index contributed by atoms with van der Waals surface area (Å²) in [5, 5.41) is 0. The fourth-order valence-electron chi connectivity index (χ4n) is 1.16. The summed E-state index contributed by atoms with van der Waals surface area (Å²) >= 11 is 3.20. The van der Waals surface area contributed by atoms with Gasteiger partial charge in [-0.1, -0.05) is 36.7 Å². The van der Waals surface area contributed by atoms with E-state index in [1.807, 2.05) is 20.8 Å². The van der Waals surface area contributed by atoms with Gasteiger partial charge < -0.3 is 0 Å². The molecule has 0 aromatic heterocycles. The lowest BCUT2D eigenvalue weighted by Crippen LogP contribution is -2.22. The second-order valence-electron chi connectivity index (χ2n) is 4.63. The molecule has 0 aliphatic rings. The maximum absolute atomic E-state index is 13.0. The van der Waals surface area contributed by atoms with Crippen LogP contribution in [-0.2, 0) is 11.2 Å². The van der Waals surface area contributed by atoms with Gasteiger partial charge in [0.25, 0.3) is 0 Å². The largest absolute Gasteiger partial charge is 0.299 e. The smallest absolute Gasteiger partial charge is 0.142 e. The first-order chi connectivity index (χ1) is 6.79. The number of halogens is 2. The molecule has 0 heterocycles. The number of carbonyl (C=O) groups excluding carboxylic acids is 1. The molecule has 0 unspecified atom stereocenters. The molecular formula is C12H14BrFO. The van der Waals surface area contributed by atoms with Crippen molar-refractivity contribution in [2.45, 2.75) is 27.2 Å². The van der Waals surface area contributed by atoms with Crippen LogP contribution in [0, 0.1) is 11.2 Å². The minimum Gasteiger partial charge on any atom is -0.299 e. The van der Waals surface area contributed by atoms with E-state index in [0.717, 1.165) is 0 Å². The molecule has 0 amide bonds. The second kappa shape index (κ2) is 4.44. The van der Waals surface area contributed by atoms with Gasteiger partial charge in [-0.25, -0.2) is 4.39 Å². The molecule has 0 aliphatic heterocycles. The summed E-state index contributed by atoms with van der Waals surface area (Å²) in [7, 11) is 0. The van der Waals surface area contributed by atoms with Crippen LogP contribution in [0.3, 0.4) is 0 Å². The highest BCUT2D eigenvalue weighted by molar-refractivity contribution is 9.10. The highest BCUT2D eigenvalue weighted by atomic mass is 79.9. The monoisotopic (exact) mass is 272 g/mol. The van der Waals surface area contributed by atoms with Gasteiger partial charge in [-0.2, -0.15) is 0 Å². The Balaban J connectivity index is 2.86. The van der Waals surface area contributed by atoms with Gasteiger partial charge >= 0.3 is 0 Å². The molecule has 0 atom stereocenters. The zero-order valence-corrected chi connectivity index (χ0v) is 10.7. The maximum Gasteiger partial charge on any atom is 0.142 e. The SMILES string of the molecule is CC(C)(C)C(=O)Cc1cc(F)cc(Br)c1. The molecule has 0 spiro atoms. The third-order valence-electron chi connectivity index (χ3n) is 2.12. The molecule has 1 aromatic carbocycles. The van der Waals surface area contributed by atoms with Gasteiger partial charge in [0.15, 0.2) is 0 Å². The highest BCUT2D eigenvalue weighted by Gasteiger charge is 2.21. The lowest BCUT2D eigenvalue weighted by atomic mass is 9.87. The predicted molar refractivity (Wildman–Crippen MR) is 62.3 cm³/mol. The van der Waals surface area contributed by atoms with Gasteiger partial charge in [-0.15, -0.1) is 0 Å². The van der Waals surface area contributed by atoms with Crippen molar-refractivity contribution in [1.82, 2.24) is 0 Å². The maximum atomic E-state index is 13.0. The Labute approximate surface area is 97.8 Å². The van der Waals surface area contributed by atoms with Crippen LogP contribution >= 0.6 is 15.9 Å². The highest BCUT2D eigenvalue weighted by Crippen LogP contribution is 2.20. The summed E-state index contributed by atoms with van der Waals surface area (Å²) in [4.78, 5) is 11.7. The van der Waals surface area contributed by atoms with Crippen molar-refractivity contribution in [3.63, 3.8) is 0 Å². The Kier molecular flexibility index (Phi) is 3.66. The second-order valence-corrected chi connectivity index (χ2v) is 5.54. The molecule has 0 aliphatic carbocycles. The number of ketones is 1. The Morgan fingerprint density at radius 1 is 1.33 bits per heavy atom. The first-order valence-electron chi connectivity index (χ1n) is 4.77. The number of carbonyl (C=O) groups is 1. The van der Waals surface area contributed by atoms with Crippen LogP contribution < -0.4 is 0 Å². The lowest BCUT2D eigenvalue weighted by molar-refractivity contribution is -0.125. The van der Waals surface area contributed by atoms with Crippen molar-refractivity contribution in [1.29, 1.82) is 0 Å². The molecule has 15 heavy (non-hydrogen) atoms. The molecule has 3 heteroatoms. The summed E-state index contributed by atoms with van der Waals surface area (Å²) in [6.07, 6.45) is 0.278. The van der Waals surface area contributed by atoms with Crippen molar-refractivity contribution in [3.05, 3.63) is 34.1 Å². The van der Waals surface area contributed by atoms with E-state index in [2.05, 4.69) is 15.9 Å². The van der Waals surface area contributed by atoms with E-state index in [4.69, 9.17) is 0 Å². The van der Waals surface area contributed by atoms with E-state index >= 15 is 0 Å². The Morgan fingerprint density at radius 2 is 1.93 bits per heavy atom. The molecule has 0 radical (unpaired) electrons. The summed E-state index contributed by atoms with van der Waals surface area (Å²) in [5.74, 6) is -0.207. The van der Waals surface area contributed by atoms with Crippen LogP contribution in [0.2, 0.25) is 0 Å². The molecular weight excluding hydrogens is 259 g/mol. The van der Waals surface area contributed by atoms with E-state index in [0.29, 0.717) is 10.0 Å².